The van der Waals surface area contributed by atoms with E-state index in [1.54, 1.807) is 0 Å². The first-order valence-corrected chi connectivity index (χ1v) is 39.4. The van der Waals surface area contributed by atoms with Crippen LogP contribution in [0.5, 0.6) is 0 Å². The number of carbonyl (C=O) groups excluding carboxylic acids is 4. The van der Waals surface area contributed by atoms with Gasteiger partial charge in [0.25, 0.3) is 15.6 Å². The summed E-state index contributed by atoms with van der Waals surface area (Å²) in [5.41, 5.74) is 5.57. The van der Waals surface area contributed by atoms with Gasteiger partial charge in [0.1, 0.15) is 19.3 Å². The molecule has 0 aliphatic carbocycles. The zero-order valence-electron chi connectivity index (χ0n) is 58.9. The van der Waals surface area contributed by atoms with Crippen LogP contribution in [0, 0.1) is 0 Å². The Bertz CT molecular complexity index is 1730. The Kier molecular flexibility index (Phi) is 74.6. The van der Waals surface area contributed by atoms with Crippen LogP contribution in [0.3, 0.4) is 0 Å². The summed E-state index contributed by atoms with van der Waals surface area (Å²) >= 11 is 0. The second-order valence-corrected chi connectivity index (χ2v) is 27.8. The van der Waals surface area contributed by atoms with Gasteiger partial charge >= 0.3 is 83.0 Å². The number of aliphatic hydroxyl groups excluding tert-OH is 1. The molecule has 3 N–H and O–H groups in total. The SMILES string of the molecule is CCCCCCCCCCCCCCCC(=O)OC[C@H](COP(=O)([O-])OC[C@@H](O)COP(=O)([O-])OC[C@@H](COC(=O)CCCCCCCCCCCN)OC(=O)CCCCCCCCCCCCCCC)OC(=O)CCCCCCCCCCCCCCC.[Na+].[Na+]. The number of phosphoric acid groups is 2. The average Bonchev–Trinajstić information content (AvgIpc) is 3.43. The van der Waals surface area contributed by atoms with Gasteiger partial charge < -0.3 is 57.7 Å². The first-order chi connectivity index (χ1) is 43.2. The first-order valence-electron chi connectivity index (χ1n) is 36.4. The monoisotopic (exact) mass is 1360 g/mol. The van der Waals surface area contributed by atoms with Crippen molar-refractivity contribution >= 4 is 39.5 Å². The van der Waals surface area contributed by atoms with Gasteiger partial charge in [0.2, 0.25) is 0 Å². The van der Waals surface area contributed by atoms with Gasteiger partial charge in [0, 0.05) is 25.7 Å². The molecule has 0 amide bonds. The molecule has 0 aromatic heterocycles. The molecule has 22 heteroatoms. The second kappa shape index (κ2) is 71.3. The molecule has 18 nitrogen and oxygen atoms in total. The number of rotatable bonds is 71. The minimum atomic E-state index is -5.22. The molecule has 0 fully saturated rings. The van der Waals surface area contributed by atoms with Crippen LogP contribution in [0.15, 0.2) is 0 Å². The largest absolute Gasteiger partial charge is 1.00 e. The van der Waals surface area contributed by atoms with E-state index < -0.39 is 97.5 Å². The van der Waals surface area contributed by atoms with Crippen molar-refractivity contribution in [3.63, 3.8) is 0 Å². The molecule has 5 atom stereocenters. The van der Waals surface area contributed by atoms with E-state index >= 15 is 0 Å². The molecular formula is C69H133NNa2O17P2. The second-order valence-electron chi connectivity index (χ2n) is 25.0. The minimum absolute atomic E-state index is 0. The Balaban J connectivity index is -0.0000387. The average molecular weight is 1360 g/mol. The fourth-order valence-electron chi connectivity index (χ4n) is 10.6. The van der Waals surface area contributed by atoms with Crippen LogP contribution >= 0.6 is 15.6 Å². The van der Waals surface area contributed by atoms with Crippen LogP contribution in [0.25, 0.3) is 0 Å². The van der Waals surface area contributed by atoms with Crippen molar-refractivity contribution in [1.29, 1.82) is 0 Å². The molecule has 0 bridgehead atoms. The predicted octanol–water partition coefficient (Wildman–Crippen LogP) is 11.6. The van der Waals surface area contributed by atoms with E-state index in [0.29, 0.717) is 32.2 Å². The summed E-state index contributed by atoms with van der Waals surface area (Å²) in [5, 5.41) is 10.5. The number of hydrogen-bond donors (Lipinski definition) is 2. The number of ether oxygens (including phenoxy) is 4. The summed E-state index contributed by atoms with van der Waals surface area (Å²) in [7, 11) is -10.4. The van der Waals surface area contributed by atoms with Crippen LogP contribution in [-0.2, 0) is 65.4 Å². The van der Waals surface area contributed by atoms with Gasteiger partial charge in [-0.05, 0) is 38.6 Å². The van der Waals surface area contributed by atoms with Crippen molar-refractivity contribution in [2.75, 3.05) is 46.2 Å². The predicted molar refractivity (Wildman–Crippen MR) is 353 cm³/mol. The molecule has 0 aliphatic rings. The van der Waals surface area contributed by atoms with E-state index in [-0.39, 0.29) is 84.8 Å². The summed E-state index contributed by atoms with van der Waals surface area (Å²) < 4.78 is 67.4. The summed E-state index contributed by atoms with van der Waals surface area (Å²) in [6.07, 6.45) is 49.9. The number of unbranched alkanes of at least 4 members (excludes halogenated alkanes) is 44. The third kappa shape index (κ3) is 71.1. The van der Waals surface area contributed by atoms with Gasteiger partial charge in [-0.3, -0.25) is 28.3 Å². The molecule has 0 spiro atoms. The Morgan fingerprint density at radius 3 is 0.747 bits per heavy atom. The maximum absolute atomic E-state index is 13.0. The zero-order chi connectivity index (χ0) is 65.4. The van der Waals surface area contributed by atoms with Gasteiger partial charge in [0.15, 0.2) is 12.2 Å². The first kappa shape index (κ1) is 95.2. The zero-order valence-corrected chi connectivity index (χ0v) is 64.7. The van der Waals surface area contributed by atoms with Crippen LogP contribution in [0.4, 0.5) is 0 Å². The third-order valence-electron chi connectivity index (χ3n) is 16.2. The standard InChI is InChI=1S/C69H135NO17P2.2Na/c1-4-7-10-13-16-19-22-25-28-32-37-42-47-52-66(72)80-59-64(86-68(74)54-49-44-39-33-29-26-23-20-17-14-11-8-5-2)61-84-88(76,77)82-57-63(71)58-83-89(78,79)85-62-65(60-81-67(73)53-48-43-38-35-31-36-41-46-51-56-70)87-69(75)55-50-45-40-34-30-27-24-21-18-15-12-9-6-3;;/h63-65,71H,4-62,70H2,1-3H3,(H,76,77)(H,78,79);;/q;2*+1/p-2/t63-,64-,65-;;/m1../s1. The smallest absolute Gasteiger partial charge is 0.756 e. The topological polar surface area (TPSA) is 269 Å². The molecule has 2 unspecified atom stereocenters. The van der Waals surface area contributed by atoms with Crippen LogP contribution in [0.1, 0.15) is 355 Å². The Morgan fingerprint density at radius 2 is 0.516 bits per heavy atom. The normalized spacial score (nSPS) is 13.7. The Hall–Kier alpha value is 0.0200. The fourth-order valence-corrected chi connectivity index (χ4v) is 12.1. The van der Waals surface area contributed by atoms with Crippen molar-refractivity contribution in [3.05, 3.63) is 0 Å². The molecule has 0 heterocycles. The number of esters is 4. The number of phosphoric ester groups is 2. The summed E-state index contributed by atoms with van der Waals surface area (Å²) in [5.74, 6) is -2.23. The van der Waals surface area contributed by atoms with Crippen molar-refractivity contribution in [3.8, 4) is 0 Å². The summed E-state index contributed by atoms with van der Waals surface area (Å²) in [6, 6.07) is 0. The van der Waals surface area contributed by atoms with E-state index in [1.165, 1.54) is 161 Å². The van der Waals surface area contributed by atoms with Crippen molar-refractivity contribution in [2.24, 2.45) is 5.73 Å². The van der Waals surface area contributed by atoms with Crippen molar-refractivity contribution in [1.82, 2.24) is 0 Å². The molecule has 0 saturated heterocycles. The van der Waals surface area contributed by atoms with Crippen molar-refractivity contribution in [2.45, 2.75) is 373 Å². The maximum Gasteiger partial charge on any atom is 1.00 e. The van der Waals surface area contributed by atoms with Crippen molar-refractivity contribution < 1.29 is 139 Å². The van der Waals surface area contributed by atoms with Gasteiger partial charge in [-0.15, -0.1) is 0 Å². The van der Waals surface area contributed by atoms with Gasteiger partial charge in [-0.25, -0.2) is 0 Å². The van der Waals surface area contributed by atoms with E-state index in [9.17, 15) is 43.2 Å². The quantitative estimate of drug-likeness (QED) is 0.0188. The number of hydrogen-bond acceptors (Lipinski definition) is 18. The molecule has 0 aromatic carbocycles. The maximum atomic E-state index is 13.0. The Morgan fingerprint density at radius 1 is 0.319 bits per heavy atom. The van der Waals surface area contributed by atoms with Crippen LogP contribution < -0.4 is 74.6 Å². The van der Waals surface area contributed by atoms with E-state index in [0.717, 1.165) is 122 Å². The van der Waals surface area contributed by atoms with Gasteiger partial charge in [-0.1, -0.05) is 297 Å². The molecule has 91 heavy (non-hydrogen) atoms. The molecular weight excluding hydrogens is 1220 g/mol. The molecule has 0 aromatic rings. The number of aliphatic hydroxyl groups is 1. The summed E-state index contributed by atoms with van der Waals surface area (Å²) in [6.45, 7) is 3.02. The molecule has 0 aliphatic heterocycles. The number of carbonyl (C=O) groups is 4. The van der Waals surface area contributed by atoms with Gasteiger partial charge in [0.05, 0.1) is 26.4 Å². The molecule has 0 saturated carbocycles. The number of nitrogens with two attached hydrogens (primary N) is 1. The molecule has 0 rings (SSSR count). The molecule has 0 radical (unpaired) electrons. The third-order valence-corrected chi connectivity index (χ3v) is 18.0. The van der Waals surface area contributed by atoms with E-state index in [2.05, 4.69) is 20.8 Å². The van der Waals surface area contributed by atoms with Crippen LogP contribution in [0.2, 0.25) is 0 Å². The van der Waals surface area contributed by atoms with Gasteiger partial charge in [-0.2, -0.15) is 0 Å². The van der Waals surface area contributed by atoms with E-state index in [1.807, 2.05) is 0 Å². The summed E-state index contributed by atoms with van der Waals surface area (Å²) in [4.78, 5) is 77.1. The fraction of sp³-hybridized carbons (Fsp3) is 0.942. The minimum Gasteiger partial charge on any atom is -0.756 e. The van der Waals surface area contributed by atoms with E-state index in [4.69, 9.17) is 42.8 Å². The molecule has 528 valence electrons. The Labute approximate surface area is 599 Å². The van der Waals surface area contributed by atoms with Crippen LogP contribution in [-0.4, -0.2) is 93.5 Å².